The van der Waals surface area contributed by atoms with Crippen LogP contribution in [0.5, 0.6) is 5.75 Å². The number of thioether (sulfide) groups is 1. The number of methoxy groups -OCH3 is 1. The highest BCUT2D eigenvalue weighted by atomic mass is 32.2. The molecule has 0 saturated carbocycles. The molecule has 0 aliphatic carbocycles. The Labute approximate surface area is 124 Å². The zero-order valence-corrected chi connectivity index (χ0v) is 12.7. The molecule has 2 rings (SSSR count). The highest BCUT2D eigenvalue weighted by Crippen LogP contribution is 2.19. The molecule has 0 radical (unpaired) electrons. The molecule has 0 atom stereocenters. The predicted molar refractivity (Wildman–Crippen MR) is 83.2 cm³/mol. The van der Waals surface area contributed by atoms with Crippen molar-refractivity contribution in [2.75, 3.05) is 26.0 Å². The molecule has 5 heteroatoms. The lowest BCUT2D eigenvalue weighted by Gasteiger charge is -2.21. The van der Waals surface area contributed by atoms with Gasteiger partial charge in [-0.3, -0.25) is 4.79 Å². The molecule has 1 saturated heterocycles. The number of piperidine rings is 1. The first-order chi connectivity index (χ1) is 9.78. The van der Waals surface area contributed by atoms with E-state index in [1.54, 1.807) is 18.9 Å². The summed E-state index contributed by atoms with van der Waals surface area (Å²) in [6, 6.07) is 7.77. The second kappa shape index (κ2) is 8.17. The van der Waals surface area contributed by atoms with E-state index < -0.39 is 0 Å². The third-order valence-corrected chi connectivity index (χ3v) is 4.73. The second-order valence-corrected chi connectivity index (χ2v) is 6.18. The highest BCUT2D eigenvalue weighted by molar-refractivity contribution is 8.00. The third kappa shape index (κ3) is 5.06. The molecular formula is C15H22N2O2S. The van der Waals surface area contributed by atoms with Gasteiger partial charge < -0.3 is 15.4 Å². The van der Waals surface area contributed by atoms with Gasteiger partial charge in [-0.1, -0.05) is 12.1 Å². The summed E-state index contributed by atoms with van der Waals surface area (Å²) >= 11 is 1.77. The Hall–Kier alpha value is -1.20. The van der Waals surface area contributed by atoms with Crippen LogP contribution in [-0.2, 0) is 11.3 Å². The smallest absolute Gasteiger partial charge is 0.230 e. The van der Waals surface area contributed by atoms with Gasteiger partial charge in [0.05, 0.1) is 12.9 Å². The number of ether oxygens (including phenoxy) is 1. The molecule has 20 heavy (non-hydrogen) atoms. The van der Waals surface area contributed by atoms with Crippen LogP contribution in [0.3, 0.4) is 0 Å². The molecule has 1 heterocycles. The summed E-state index contributed by atoms with van der Waals surface area (Å²) in [4.78, 5) is 11.8. The molecule has 0 aromatic heterocycles. The summed E-state index contributed by atoms with van der Waals surface area (Å²) in [5.74, 6) is 1.48. The average molecular weight is 294 g/mol. The molecular weight excluding hydrogens is 272 g/mol. The van der Waals surface area contributed by atoms with Crippen molar-refractivity contribution in [3.63, 3.8) is 0 Å². The van der Waals surface area contributed by atoms with Crippen LogP contribution < -0.4 is 15.4 Å². The summed E-state index contributed by atoms with van der Waals surface area (Å²) in [5.41, 5.74) is 1.06. The lowest BCUT2D eigenvalue weighted by Crippen LogP contribution is -2.31. The van der Waals surface area contributed by atoms with Crippen molar-refractivity contribution in [2.24, 2.45) is 0 Å². The first kappa shape index (κ1) is 15.2. The van der Waals surface area contributed by atoms with E-state index in [1.165, 1.54) is 0 Å². The van der Waals surface area contributed by atoms with Gasteiger partial charge in [-0.2, -0.15) is 0 Å². The summed E-state index contributed by atoms with van der Waals surface area (Å²) < 4.78 is 5.17. The average Bonchev–Trinajstić information content (AvgIpc) is 2.52. The van der Waals surface area contributed by atoms with E-state index in [-0.39, 0.29) is 5.91 Å². The number of carbonyl (C=O) groups excluding carboxylic acids is 1. The van der Waals surface area contributed by atoms with Gasteiger partial charge in [0.25, 0.3) is 0 Å². The number of benzene rings is 1. The maximum atomic E-state index is 11.8. The van der Waals surface area contributed by atoms with E-state index in [9.17, 15) is 4.79 Å². The van der Waals surface area contributed by atoms with Gasteiger partial charge >= 0.3 is 0 Å². The number of hydrogen-bond donors (Lipinski definition) is 2. The third-order valence-electron chi connectivity index (χ3n) is 3.36. The van der Waals surface area contributed by atoms with Crippen LogP contribution >= 0.6 is 11.8 Å². The van der Waals surface area contributed by atoms with Crippen LogP contribution in [0, 0.1) is 0 Å². The largest absolute Gasteiger partial charge is 0.497 e. The van der Waals surface area contributed by atoms with E-state index in [4.69, 9.17) is 4.74 Å². The Bertz CT molecular complexity index is 434. The molecule has 2 N–H and O–H groups in total. The van der Waals surface area contributed by atoms with Crippen molar-refractivity contribution in [1.29, 1.82) is 0 Å². The lowest BCUT2D eigenvalue weighted by molar-refractivity contribution is -0.118. The van der Waals surface area contributed by atoms with Gasteiger partial charge in [-0.05, 0) is 43.6 Å². The first-order valence-corrected chi connectivity index (χ1v) is 8.05. The maximum Gasteiger partial charge on any atom is 0.230 e. The fourth-order valence-corrected chi connectivity index (χ4v) is 3.25. The predicted octanol–water partition coefficient (Wildman–Crippen LogP) is 1.80. The summed E-state index contributed by atoms with van der Waals surface area (Å²) in [6.07, 6.45) is 2.32. The van der Waals surface area contributed by atoms with Crippen LogP contribution in [0.25, 0.3) is 0 Å². The van der Waals surface area contributed by atoms with Gasteiger partial charge in [-0.15, -0.1) is 11.8 Å². The van der Waals surface area contributed by atoms with Gasteiger partial charge in [0.1, 0.15) is 5.75 Å². The van der Waals surface area contributed by atoms with Crippen LogP contribution in [0.4, 0.5) is 0 Å². The molecule has 110 valence electrons. The molecule has 1 aromatic carbocycles. The summed E-state index contributed by atoms with van der Waals surface area (Å²) in [5, 5.41) is 6.92. The van der Waals surface area contributed by atoms with E-state index in [0.717, 1.165) is 37.2 Å². The number of hydrogen-bond acceptors (Lipinski definition) is 4. The Kier molecular flexibility index (Phi) is 6.21. The van der Waals surface area contributed by atoms with E-state index in [2.05, 4.69) is 10.6 Å². The molecule has 1 aromatic rings. The molecule has 0 bridgehead atoms. The number of nitrogens with one attached hydrogen (secondary N) is 2. The normalized spacial score (nSPS) is 15.8. The minimum atomic E-state index is 0.108. The molecule has 0 unspecified atom stereocenters. The van der Waals surface area contributed by atoms with Crippen molar-refractivity contribution in [3.05, 3.63) is 29.8 Å². The fourth-order valence-electron chi connectivity index (χ4n) is 2.19. The zero-order valence-electron chi connectivity index (χ0n) is 11.9. The molecule has 1 aliphatic rings. The van der Waals surface area contributed by atoms with Crippen molar-refractivity contribution >= 4 is 17.7 Å². The minimum Gasteiger partial charge on any atom is -0.497 e. The van der Waals surface area contributed by atoms with E-state index >= 15 is 0 Å². The Morgan fingerprint density at radius 2 is 2.25 bits per heavy atom. The SMILES string of the molecule is COc1cccc(CNC(=O)CSC2CCNCC2)c1. The van der Waals surface area contributed by atoms with Crippen molar-refractivity contribution in [3.8, 4) is 5.75 Å². The van der Waals surface area contributed by atoms with E-state index in [1.807, 2.05) is 24.3 Å². The topological polar surface area (TPSA) is 50.4 Å². The Morgan fingerprint density at radius 1 is 1.45 bits per heavy atom. The zero-order chi connectivity index (χ0) is 14.2. The fraction of sp³-hybridized carbons (Fsp3) is 0.533. The van der Waals surface area contributed by atoms with Gasteiger partial charge in [0, 0.05) is 11.8 Å². The van der Waals surface area contributed by atoms with Crippen LogP contribution in [0.2, 0.25) is 0 Å². The highest BCUT2D eigenvalue weighted by Gasteiger charge is 2.14. The Balaban J connectivity index is 1.68. The van der Waals surface area contributed by atoms with Crippen LogP contribution in [-0.4, -0.2) is 37.1 Å². The first-order valence-electron chi connectivity index (χ1n) is 7.00. The van der Waals surface area contributed by atoms with Gasteiger partial charge in [-0.25, -0.2) is 0 Å². The summed E-state index contributed by atoms with van der Waals surface area (Å²) in [7, 11) is 1.65. The van der Waals surface area contributed by atoms with Crippen molar-refractivity contribution in [1.82, 2.24) is 10.6 Å². The molecule has 4 nitrogen and oxygen atoms in total. The molecule has 1 fully saturated rings. The van der Waals surface area contributed by atoms with Crippen molar-refractivity contribution in [2.45, 2.75) is 24.6 Å². The maximum absolute atomic E-state index is 11.8. The lowest BCUT2D eigenvalue weighted by atomic mass is 10.2. The number of rotatable bonds is 6. The summed E-state index contributed by atoms with van der Waals surface area (Å²) in [6.45, 7) is 2.70. The monoisotopic (exact) mass is 294 g/mol. The van der Waals surface area contributed by atoms with Crippen molar-refractivity contribution < 1.29 is 9.53 Å². The van der Waals surface area contributed by atoms with E-state index in [0.29, 0.717) is 17.5 Å². The minimum absolute atomic E-state index is 0.108. The van der Waals surface area contributed by atoms with Crippen LogP contribution in [0.15, 0.2) is 24.3 Å². The Morgan fingerprint density at radius 3 is 3.00 bits per heavy atom. The van der Waals surface area contributed by atoms with Crippen LogP contribution in [0.1, 0.15) is 18.4 Å². The number of amides is 1. The van der Waals surface area contributed by atoms with Gasteiger partial charge in [0.2, 0.25) is 5.91 Å². The molecule has 1 amide bonds. The number of carbonyl (C=O) groups is 1. The van der Waals surface area contributed by atoms with Gasteiger partial charge in [0.15, 0.2) is 0 Å². The molecule has 0 spiro atoms. The quantitative estimate of drug-likeness (QED) is 0.840. The standard InChI is InChI=1S/C15H22N2O2S/c1-19-13-4-2-3-12(9-13)10-17-15(18)11-20-14-5-7-16-8-6-14/h2-4,9,14,16H,5-8,10-11H2,1H3,(H,17,18). The second-order valence-electron chi connectivity index (χ2n) is 4.89. The molecule has 1 aliphatic heterocycles.